The first-order valence-electron chi connectivity index (χ1n) is 9.01. The van der Waals surface area contributed by atoms with E-state index in [1.54, 1.807) is 6.07 Å². The van der Waals surface area contributed by atoms with E-state index in [2.05, 4.69) is 32.9 Å². The Morgan fingerprint density at radius 3 is 2.89 bits per heavy atom. The van der Waals surface area contributed by atoms with Crippen LogP contribution in [0.2, 0.25) is 0 Å². The lowest BCUT2D eigenvalue weighted by Crippen LogP contribution is -2.39. The van der Waals surface area contributed by atoms with E-state index in [-0.39, 0.29) is 18.6 Å². The minimum Gasteiger partial charge on any atom is -0.493 e. The molecule has 1 atom stereocenters. The normalized spacial score (nSPS) is 12.1. The maximum atomic E-state index is 12.8. The zero-order valence-corrected chi connectivity index (χ0v) is 17.3. The van der Waals surface area contributed by atoms with Gasteiger partial charge in [-0.05, 0) is 65.3 Å². The van der Waals surface area contributed by atoms with E-state index >= 15 is 0 Å². The first-order valence-corrected chi connectivity index (χ1v) is 10.1. The summed E-state index contributed by atoms with van der Waals surface area (Å²) < 4.78 is 6.67. The highest BCUT2D eigenvalue weighted by molar-refractivity contribution is 14.1. The third-order valence-corrected chi connectivity index (χ3v) is 5.02. The number of benzene rings is 2. The van der Waals surface area contributed by atoms with Gasteiger partial charge in [0.1, 0.15) is 5.75 Å². The zero-order valence-electron chi connectivity index (χ0n) is 15.2. The molecule has 1 unspecified atom stereocenters. The first-order chi connectivity index (χ1) is 13.1. The number of hydrogen-bond acceptors (Lipinski definition) is 3. The fraction of sp³-hybridized carbons (Fsp3) is 0.286. The molecule has 27 heavy (non-hydrogen) atoms. The van der Waals surface area contributed by atoms with Crippen LogP contribution in [0.4, 0.5) is 0 Å². The largest absolute Gasteiger partial charge is 0.493 e. The average Bonchev–Trinajstić information content (AvgIpc) is 3.09. The van der Waals surface area contributed by atoms with Crippen molar-refractivity contribution >= 4 is 39.4 Å². The minimum absolute atomic E-state index is 0.139. The summed E-state index contributed by atoms with van der Waals surface area (Å²) in [5.74, 6) is 0.331. The summed E-state index contributed by atoms with van der Waals surface area (Å²) >= 11 is 2.17. The van der Waals surface area contributed by atoms with Crippen LogP contribution < -0.4 is 10.1 Å². The summed E-state index contributed by atoms with van der Waals surface area (Å²) in [6.45, 7) is 2.44. The van der Waals surface area contributed by atoms with E-state index < -0.39 is 0 Å². The van der Waals surface area contributed by atoms with Gasteiger partial charge in [-0.2, -0.15) is 0 Å². The number of aromatic nitrogens is 1. The van der Waals surface area contributed by atoms with Crippen molar-refractivity contribution in [1.29, 1.82) is 0 Å². The van der Waals surface area contributed by atoms with Gasteiger partial charge in [-0.25, -0.2) is 0 Å². The molecule has 0 saturated carbocycles. The predicted octanol–water partition coefficient (Wildman–Crippen LogP) is 3.89. The van der Waals surface area contributed by atoms with Gasteiger partial charge in [-0.1, -0.05) is 25.1 Å². The van der Waals surface area contributed by atoms with Gasteiger partial charge in [-0.3, -0.25) is 4.79 Å². The molecule has 0 saturated heterocycles. The third-order valence-electron chi connectivity index (χ3n) is 4.34. The van der Waals surface area contributed by atoms with E-state index in [9.17, 15) is 9.90 Å². The third kappa shape index (κ3) is 4.81. The lowest BCUT2D eigenvalue weighted by atomic mass is 10.0. The molecular weight excluding hydrogens is 455 g/mol. The number of nitrogens with one attached hydrogen (secondary N) is 2. The maximum Gasteiger partial charge on any atom is 0.255 e. The molecule has 3 N–H and O–H groups in total. The van der Waals surface area contributed by atoms with Gasteiger partial charge < -0.3 is 20.1 Å². The highest BCUT2D eigenvalue weighted by Crippen LogP contribution is 2.23. The lowest BCUT2D eigenvalue weighted by molar-refractivity contribution is 0.0912. The topological polar surface area (TPSA) is 74.3 Å². The van der Waals surface area contributed by atoms with Crippen LogP contribution in [0, 0.1) is 3.57 Å². The lowest BCUT2D eigenvalue weighted by Gasteiger charge is -2.18. The van der Waals surface area contributed by atoms with Crippen LogP contribution in [-0.2, 0) is 6.42 Å². The van der Waals surface area contributed by atoms with Crippen LogP contribution in [0.1, 0.15) is 29.3 Å². The second kappa shape index (κ2) is 9.23. The molecule has 1 amide bonds. The van der Waals surface area contributed by atoms with Crippen molar-refractivity contribution in [3.63, 3.8) is 0 Å². The molecule has 5 nitrogen and oxygen atoms in total. The molecule has 0 spiro atoms. The first kappa shape index (κ1) is 19.7. The SMILES string of the molecule is CCCOc1ccc(I)cc1C(=O)NC(CO)Cc1c[nH]c2ccccc12. The minimum atomic E-state index is -0.381. The van der Waals surface area contributed by atoms with E-state index in [1.165, 1.54) is 0 Å². The van der Waals surface area contributed by atoms with Crippen molar-refractivity contribution in [1.82, 2.24) is 10.3 Å². The van der Waals surface area contributed by atoms with Crippen LogP contribution in [0.3, 0.4) is 0 Å². The molecule has 0 aliphatic carbocycles. The van der Waals surface area contributed by atoms with Crippen LogP contribution in [0.25, 0.3) is 10.9 Å². The highest BCUT2D eigenvalue weighted by atomic mass is 127. The van der Waals surface area contributed by atoms with Gasteiger partial charge in [0, 0.05) is 20.7 Å². The number of carbonyl (C=O) groups excluding carboxylic acids is 1. The van der Waals surface area contributed by atoms with Crippen molar-refractivity contribution in [2.24, 2.45) is 0 Å². The fourth-order valence-corrected chi connectivity index (χ4v) is 3.50. The van der Waals surface area contributed by atoms with Crippen molar-refractivity contribution in [3.8, 4) is 5.75 Å². The molecule has 3 rings (SSSR count). The van der Waals surface area contributed by atoms with Gasteiger partial charge >= 0.3 is 0 Å². The van der Waals surface area contributed by atoms with Gasteiger partial charge in [0.15, 0.2) is 0 Å². The standard InChI is InChI=1S/C21H23IN2O3/c1-2-9-27-20-8-7-15(22)11-18(20)21(26)24-16(13-25)10-14-12-23-19-6-4-3-5-17(14)19/h3-8,11-12,16,23,25H,2,9-10,13H2,1H3,(H,24,26). The Bertz CT molecular complexity index is 923. The molecule has 0 aliphatic rings. The Hall–Kier alpha value is -2.06. The zero-order chi connectivity index (χ0) is 19.2. The number of carbonyl (C=O) groups is 1. The molecule has 1 aromatic heterocycles. The molecule has 0 bridgehead atoms. The van der Waals surface area contributed by atoms with Crippen molar-refractivity contribution < 1.29 is 14.6 Å². The summed E-state index contributed by atoms with van der Waals surface area (Å²) in [5.41, 5.74) is 2.60. The number of amides is 1. The van der Waals surface area contributed by atoms with Crippen molar-refractivity contribution in [2.75, 3.05) is 13.2 Å². The number of H-pyrrole nitrogens is 1. The Kier molecular flexibility index (Phi) is 6.73. The number of para-hydroxylation sites is 1. The number of rotatable bonds is 8. The summed E-state index contributed by atoms with van der Waals surface area (Å²) in [6, 6.07) is 13.2. The van der Waals surface area contributed by atoms with E-state index in [0.29, 0.717) is 24.3 Å². The molecule has 3 aromatic rings. The average molecular weight is 478 g/mol. The molecule has 6 heteroatoms. The summed E-state index contributed by atoms with van der Waals surface area (Å²) in [7, 11) is 0. The van der Waals surface area contributed by atoms with E-state index in [0.717, 1.165) is 26.5 Å². The molecular formula is C21H23IN2O3. The number of hydrogen-bond donors (Lipinski definition) is 3. The monoisotopic (exact) mass is 478 g/mol. The van der Waals surface area contributed by atoms with Crippen LogP contribution in [0.5, 0.6) is 5.75 Å². The second-order valence-electron chi connectivity index (χ2n) is 6.41. The van der Waals surface area contributed by atoms with Crippen molar-refractivity contribution in [2.45, 2.75) is 25.8 Å². The van der Waals surface area contributed by atoms with Gasteiger partial charge in [-0.15, -0.1) is 0 Å². The number of halogens is 1. The number of aliphatic hydroxyl groups excluding tert-OH is 1. The molecule has 0 aliphatic heterocycles. The van der Waals surface area contributed by atoms with E-state index in [1.807, 2.05) is 49.5 Å². The van der Waals surface area contributed by atoms with Gasteiger partial charge in [0.2, 0.25) is 0 Å². The smallest absolute Gasteiger partial charge is 0.255 e. The van der Waals surface area contributed by atoms with Gasteiger partial charge in [0.05, 0.1) is 24.8 Å². The molecule has 1 heterocycles. The second-order valence-corrected chi connectivity index (χ2v) is 7.65. The van der Waals surface area contributed by atoms with Gasteiger partial charge in [0.25, 0.3) is 5.91 Å². The van der Waals surface area contributed by atoms with Crippen LogP contribution in [0.15, 0.2) is 48.7 Å². The quantitative estimate of drug-likeness (QED) is 0.430. The van der Waals surface area contributed by atoms with E-state index in [4.69, 9.17) is 4.74 Å². The van der Waals surface area contributed by atoms with Crippen LogP contribution >= 0.6 is 22.6 Å². The van der Waals surface area contributed by atoms with Crippen molar-refractivity contribution in [3.05, 3.63) is 63.4 Å². The summed E-state index contributed by atoms with van der Waals surface area (Å²) in [4.78, 5) is 16.1. The number of aliphatic hydroxyl groups is 1. The summed E-state index contributed by atoms with van der Waals surface area (Å²) in [5, 5.41) is 13.8. The fourth-order valence-electron chi connectivity index (χ4n) is 3.01. The predicted molar refractivity (Wildman–Crippen MR) is 115 cm³/mol. The Morgan fingerprint density at radius 2 is 2.11 bits per heavy atom. The molecule has 142 valence electrons. The molecule has 2 aromatic carbocycles. The molecule has 0 fully saturated rings. The number of aromatic amines is 1. The Morgan fingerprint density at radius 1 is 1.30 bits per heavy atom. The van der Waals surface area contributed by atoms with Crippen LogP contribution in [-0.4, -0.2) is 35.3 Å². The number of fused-ring (bicyclic) bond motifs is 1. The highest BCUT2D eigenvalue weighted by Gasteiger charge is 2.19. The Balaban J connectivity index is 1.76. The summed E-state index contributed by atoms with van der Waals surface area (Å²) in [6.07, 6.45) is 3.34. The Labute approximate surface area is 172 Å². The maximum absolute atomic E-state index is 12.8. The number of ether oxygens (including phenoxy) is 1. The molecule has 0 radical (unpaired) electrons.